The van der Waals surface area contributed by atoms with Crippen molar-refractivity contribution in [3.63, 3.8) is 0 Å². The van der Waals surface area contributed by atoms with E-state index in [1.165, 1.54) is 0 Å². The van der Waals surface area contributed by atoms with Gasteiger partial charge in [0, 0.05) is 17.6 Å². The van der Waals surface area contributed by atoms with Crippen LogP contribution in [0.1, 0.15) is 29.8 Å². The Hall–Kier alpha value is -1.19. The summed E-state index contributed by atoms with van der Waals surface area (Å²) in [5.41, 5.74) is 1.82. The summed E-state index contributed by atoms with van der Waals surface area (Å²) in [5, 5.41) is 0. The van der Waals surface area contributed by atoms with Crippen LogP contribution in [0.5, 0.6) is 0 Å². The Morgan fingerprint density at radius 1 is 1.39 bits per heavy atom. The van der Waals surface area contributed by atoms with Crippen LogP contribution in [0.4, 0.5) is 0 Å². The number of ketones is 1. The third-order valence-corrected chi connectivity index (χ3v) is 3.60. The van der Waals surface area contributed by atoms with Crippen molar-refractivity contribution < 1.29 is 9.53 Å². The van der Waals surface area contributed by atoms with Gasteiger partial charge in [0.1, 0.15) is 0 Å². The Kier molecular flexibility index (Phi) is 3.83. The quantitative estimate of drug-likeness (QED) is 0.768. The minimum atomic E-state index is -0.0589. The molecule has 98 valence electrons. The van der Waals surface area contributed by atoms with Crippen LogP contribution in [0.15, 0.2) is 24.3 Å². The monoisotopic (exact) mass is 247 g/mol. The van der Waals surface area contributed by atoms with Crippen molar-refractivity contribution in [3.8, 4) is 0 Å². The van der Waals surface area contributed by atoms with Crippen molar-refractivity contribution in [1.82, 2.24) is 4.90 Å². The molecule has 0 amide bonds. The number of benzene rings is 1. The number of hydrogen-bond acceptors (Lipinski definition) is 3. The van der Waals surface area contributed by atoms with Gasteiger partial charge in [-0.1, -0.05) is 24.3 Å². The molecule has 0 N–H and O–H groups in total. The first-order valence-corrected chi connectivity index (χ1v) is 6.42. The Morgan fingerprint density at radius 2 is 2.11 bits per heavy atom. The number of aryl methyl sites for hydroxylation is 1. The van der Waals surface area contributed by atoms with Crippen LogP contribution in [0.3, 0.4) is 0 Å². The zero-order valence-electron chi connectivity index (χ0n) is 11.4. The van der Waals surface area contributed by atoms with E-state index in [0.29, 0.717) is 19.8 Å². The smallest absolute Gasteiger partial charge is 0.177 e. The van der Waals surface area contributed by atoms with Crippen LogP contribution in [0, 0.1) is 6.92 Å². The summed E-state index contributed by atoms with van der Waals surface area (Å²) < 4.78 is 5.47. The van der Waals surface area contributed by atoms with E-state index in [4.69, 9.17) is 4.74 Å². The maximum Gasteiger partial charge on any atom is 0.177 e. The van der Waals surface area contributed by atoms with Crippen LogP contribution in [0.25, 0.3) is 0 Å². The number of carbonyl (C=O) groups excluding carboxylic acids is 1. The van der Waals surface area contributed by atoms with Gasteiger partial charge in [-0.2, -0.15) is 0 Å². The highest BCUT2D eigenvalue weighted by molar-refractivity contribution is 5.98. The third-order valence-electron chi connectivity index (χ3n) is 3.60. The zero-order chi connectivity index (χ0) is 13.2. The molecular formula is C15H21NO2. The molecule has 0 aliphatic carbocycles. The molecule has 0 bridgehead atoms. The molecule has 0 radical (unpaired) electrons. The average molecular weight is 247 g/mol. The zero-order valence-corrected chi connectivity index (χ0v) is 11.4. The molecule has 3 heteroatoms. The molecule has 3 nitrogen and oxygen atoms in total. The Morgan fingerprint density at radius 3 is 2.78 bits per heavy atom. The van der Waals surface area contributed by atoms with Gasteiger partial charge in [0.25, 0.3) is 0 Å². The first-order valence-electron chi connectivity index (χ1n) is 6.42. The Bertz CT molecular complexity index is 440. The first-order chi connectivity index (χ1) is 8.50. The average Bonchev–Trinajstić information content (AvgIpc) is 2.32. The number of hydrogen-bond donors (Lipinski definition) is 0. The normalized spacial score (nSPS) is 19.7. The number of morpholine rings is 1. The van der Waals surface area contributed by atoms with E-state index in [0.717, 1.165) is 17.7 Å². The van der Waals surface area contributed by atoms with E-state index in [9.17, 15) is 4.79 Å². The van der Waals surface area contributed by atoms with Crippen LogP contribution in [-0.4, -0.2) is 42.5 Å². The largest absolute Gasteiger partial charge is 0.378 e. The summed E-state index contributed by atoms with van der Waals surface area (Å²) >= 11 is 0. The molecule has 1 aliphatic heterocycles. The lowest BCUT2D eigenvalue weighted by atomic mass is 9.99. The molecule has 1 heterocycles. The number of carbonyl (C=O) groups is 1. The topological polar surface area (TPSA) is 29.5 Å². The summed E-state index contributed by atoms with van der Waals surface area (Å²) in [6.45, 7) is 8.93. The maximum atomic E-state index is 12.3. The van der Waals surface area contributed by atoms with Crippen molar-refractivity contribution in [3.05, 3.63) is 35.4 Å². The SMILES string of the molecule is Cc1ccccc1C(=O)CN1CCOCC1(C)C. The van der Waals surface area contributed by atoms with Crippen LogP contribution in [0.2, 0.25) is 0 Å². The Labute approximate surface area is 109 Å². The number of ether oxygens (including phenoxy) is 1. The van der Waals surface area contributed by atoms with Gasteiger partial charge in [-0.05, 0) is 26.3 Å². The second-order valence-electron chi connectivity index (χ2n) is 5.52. The first kappa shape index (κ1) is 13.2. The Balaban J connectivity index is 2.10. The highest BCUT2D eigenvalue weighted by Crippen LogP contribution is 2.20. The lowest BCUT2D eigenvalue weighted by Gasteiger charge is -2.41. The van der Waals surface area contributed by atoms with Gasteiger partial charge in [-0.25, -0.2) is 0 Å². The highest BCUT2D eigenvalue weighted by Gasteiger charge is 2.31. The second kappa shape index (κ2) is 5.21. The van der Waals surface area contributed by atoms with Crippen LogP contribution in [-0.2, 0) is 4.74 Å². The number of nitrogens with zero attached hydrogens (tertiary/aromatic N) is 1. The number of Topliss-reactive ketones (excluding diaryl/α,β-unsaturated/α-hetero) is 1. The fourth-order valence-electron chi connectivity index (χ4n) is 2.33. The van der Waals surface area contributed by atoms with Gasteiger partial charge in [-0.15, -0.1) is 0 Å². The van der Waals surface area contributed by atoms with Gasteiger partial charge < -0.3 is 4.74 Å². The van der Waals surface area contributed by atoms with E-state index in [2.05, 4.69) is 18.7 Å². The van der Waals surface area contributed by atoms with Gasteiger partial charge in [0.05, 0.1) is 19.8 Å². The van der Waals surface area contributed by atoms with Crippen LogP contribution < -0.4 is 0 Å². The van der Waals surface area contributed by atoms with Gasteiger partial charge >= 0.3 is 0 Å². The summed E-state index contributed by atoms with van der Waals surface area (Å²) in [5.74, 6) is 0.197. The maximum absolute atomic E-state index is 12.3. The van der Waals surface area contributed by atoms with E-state index in [-0.39, 0.29) is 11.3 Å². The van der Waals surface area contributed by atoms with Gasteiger partial charge in [0.2, 0.25) is 0 Å². The van der Waals surface area contributed by atoms with Crippen molar-refractivity contribution in [2.24, 2.45) is 0 Å². The van der Waals surface area contributed by atoms with E-state index < -0.39 is 0 Å². The minimum absolute atomic E-state index is 0.0589. The summed E-state index contributed by atoms with van der Waals surface area (Å²) in [7, 11) is 0. The molecular weight excluding hydrogens is 226 g/mol. The summed E-state index contributed by atoms with van der Waals surface area (Å²) in [6.07, 6.45) is 0. The van der Waals surface area contributed by atoms with Crippen molar-refractivity contribution in [1.29, 1.82) is 0 Å². The van der Waals surface area contributed by atoms with E-state index in [1.54, 1.807) is 0 Å². The predicted molar refractivity (Wildman–Crippen MR) is 72.0 cm³/mol. The lowest BCUT2D eigenvalue weighted by molar-refractivity contribution is -0.0467. The molecule has 2 rings (SSSR count). The predicted octanol–water partition coefficient (Wildman–Crippen LogP) is 2.29. The second-order valence-corrected chi connectivity index (χ2v) is 5.52. The van der Waals surface area contributed by atoms with Crippen molar-refractivity contribution >= 4 is 5.78 Å². The molecule has 18 heavy (non-hydrogen) atoms. The molecule has 1 saturated heterocycles. The van der Waals surface area contributed by atoms with Gasteiger partial charge in [0.15, 0.2) is 5.78 Å². The van der Waals surface area contributed by atoms with Gasteiger partial charge in [-0.3, -0.25) is 9.69 Å². The van der Waals surface area contributed by atoms with E-state index >= 15 is 0 Å². The minimum Gasteiger partial charge on any atom is -0.378 e. The molecule has 0 saturated carbocycles. The molecule has 1 fully saturated rings. The summed E-state index contributed by atoms with van der Waals surface area (Å²) in [4.78, 5) is 14.6. The summed E-state index contributed by atoms with van der Waals surface area (Å²) in [6, 6.07) is 7.78. The molecule has 1 aliphatic rings. The fourth-order valence-corrected chi connectivity index (χ4v) is 2.33. The third kappa shape index (κ3) is 2.79. The molecule has 0 atom stereocenters. The molecule has 0 spiro atoms. The number of rotatable bonds is 3. The van der Waals surface area contributed by atoms with E-state index in [1.807, 2.05) is 31.2 Å². The van der Waals surface area contributed by atoms with Crippen molar-refractivity contribution in [2.75, 3.05) is 26.3 Å². The van der Waals surface area contributed by atoms with Crippen molar-refractivity contribution in [2.45, 2.75) is 26.3 Å². The molecule has 0 unspecified atom stereocenters. The van der Waals surface area contributed by atoms with Crippen LogP contribution >= 0.6 is 0 Å². The lowest BCUT2D eigenvalue weighted by Crippen LogP contribution is -2.54. The standard InChI is InChI=1S/C15H21NO2/c1-12-6-4-5-7-13(12)14(17)10-16-8-9-18-11-15(16,2)3/h4-7H,8-11H2,1-3H3. The molecule has 1 aromatic rings. The molecule has 1 aromatic carbocycles. The molecule has 0 aromatic heterocycles. The highest BCUT2D eigenvalue weighted by atomic mass is 16.5. The fraction of sp³-hybridized carbons (Fsp3) is 0.533.